The van der Waals surface area contributed by atoms with Crippen molar-refractivity contribution in [2.75, 3.05) is 5.32 Å². The first-order valence-electron chi connectivity index (χ1n) is 4.79. The maximum Gasteiger partial charge on any atom is 0.161 e. The molecule has 0 atom stereocenters. The first-order valence-corrected chi connectivity index (χ1v) is 7.19. The normalized spacial score (nSPS) is 10.7. The molecule has 0 aliphatic heterocycles. The molecule has 0 saturated heterocycles. The Labute approximate surface area is 122 Å². The minimum atomic E-state index is -1.19. The summed E-state index contributed by atoms with van der Waals surface area (Å²) in [5.41, 5.74) is -0.0606. The Morgan fingerprint density at radius 1 is 1.00 bits per heavy atom. The van der Waals surface area contributed by atoms with Crippen LogP contribution in [0, 0.1) is 17.5 Å². The van der Waals surface area contributed by atoms with Gasteiger partial charge in [-0.3, -0.25) is 0 Å². The van der Waals surface area contributed by atoms with Crippen LogP contribution in [0.1, 0.15) is 4.88 Å². The fraction of sp³-hybridized carbons (Fsp3) is 0.0909. The SMILES string of the molecule is Fc1cc(F)c(NCc2cc(Br)c(Br)s2)cc1F. The minimum Gasteiger partial charge on any atom is -0.378 e. The zero-order valence-electron chi connectivity index (χ0n) is 8.74. The van der Waals surface area contributed by atoms with Crippen molar-refractivity contribution < 1.29 is 13.2 Å². The van der Waals surface area contributed by atoms with Crippen LogP contribution >= 0.6 is 43.2 Å². The van der Waals surface area contributed by atoms with E-state index < -0.39 is 17.5 Å². The molecule has 7 heteroatoms. The number of hydrogen-bond acceptors (Lipinski definition) is 2. The standard InChI is InChI=1S/C11H6Br2F3NS/c12-6-1-5(18-11(6)13)4-17-10-3-8(15)7(14)2-9(10)16/h1-3,17H,4H2. The summed E-state index contributed by atoms with van der Waals surface area (Å²) in [5.74, 6) is -3.09. The molecule has 0 unspecified atom stereocenters. The minimum absolute atomic E-state index is 0.0606. The molecule has 0 bridgehead atoms. The van der Waals surface area contributed by atoms with Gasteiger partial charge in [0.05, 0.1) is 9.47 Å². The highest BCUT2D eigenvalue weighted by Gasteiger charge is 2.10. The summed E-state index contributed by atoms with van der Waals surface area (Å²) in [4.78, 5) is 0.929. The van der Waals surface area contributed by atoms with Gasteiger partial charge in [0.25, 0.3) is 0 Å². The highest BCUT2D eigenvalue weighted by Crippen LogP contribution is 2.32. The lowest BCUT2D eigenvalue weighted by Crippen LogP contribution is -2.01. The highest BCUT2D eigenvalue weighted by molar-refractivity contribution is 9.13. The molecule has 0 aliphatic carbocycles. The molecule has 0 radical (unpaired) electrons. The van der Waals surface area contributed by atoms with Gasteiger partial charge in [0.2, 0.25) is 0 Å². The quantitative estimate of drug-likeness (QED) is 0.689. The van der Waals surface area contributed by atoms with E-state index in [-0.39, 0.29) is 5.69 Å². The van der Waals surface area contributed by atoms with Crippen LogP contribution in [0.25, 0.3) is 0 Å². The van der Waals surface area contributed by atoms with Gasteiger partial charge in [-0.2, -0.15) is 0 Å². The number of nitrogens with one attached hydrogen (secondary N) is 1. The van der Waals surface area contributed by atoms with Crippen LogP contribution in [0.3, 0.4) is 0 Å². The van der Waals surface area contributed by atoms with Crippen LogP contribution in [0.5, 0.6) is 0 Å². The number of rotatable bonds is 3. The third kappa shape index (κ3) is 3.07. The molecule has 1 heterocycles. The Kier molecular flexibility index (Phi) is 4.34. The van der Waals surface area contributed by atoms with Crippen molar-refractivity contribution in [2.45, 2.75) is 6.54 Å². The van der Waals surface area contributed by atoms with Gasteiger partial charge in [0.15, 0.2) is 11.6 Å². The third-order valence-electron chi connectivity index (χ3n) is 2.16. The molecular weight excluding hydrogens is 395 g/mol. The summed E-state index contributed by atoms with van der Waals surface area (Å²) in [6.45, 7) is 0.330. The lowest BCUT2D eigenvalue weighted by Gasteiger charge is -2.06. The van der Waals surface area contributed by atoms with Crippen LogP contribution < -0.4 is 5.32 Å². The summed E-state index contributed by atoms with van der Waals surface area (Å²) >= 11 is 8.13. The number of benzene rings is 1. The second-order valence-electron chi connectivity index (χ2n) is 3.43. The summed E-state index contributed by atoms with van der Waals surface area (Å²) in [7, 11) is 0. The van der Waals surface area contributed by atoms with Crippen molar-refractivity contribution in [1.29, 1.82) is 0 Å². The van der Waals surface area contributed by atoms with Gasteiger partial charge in [-0.25, -0.2) is 13.2 Å². The predicted molar refractivity (Wildman–Crippen MR) is 73.4 cm³/mol. The largest absolute Gasteiger partial charge is 0.378 e. The molecule has 96 valence electrons. The van der Waals surface area contributed by atoms with E-state index in [1.807, 2.05) is 6.07 Å². The lowest BCUT2D eigenvalue weighted by molar-refractivity contribution is 0.496. The van der Waals surface area contributed by atoms with E-state index in [2.05, 4.69) is 37.2 Å². The molecule has 0 aliphatic rings. The molecule has 1 nitrogen and oxygen atoms in total. The van der Waals surface area contributed by atoms with E-state index >= 15 is 0 Å². The zero-order valence-corrected chi connectivity index (χ0v) is 12.7. The summed E-state index contributed by atoms with van der Waals surface area (Å²) in [5, 5.41) is 2.72. The Morgan fingerprint density at radius 2 is 1.67 bits per heavy atom. The van der Waals surface area contributed by atoms with Crippen LogP contribution in [-0.4, -0.2) is 0 Å². The number of halogens is 5. The summed E-state index contributed by atoms with van der Waals surface area (Å²) < 4.78 is 40.8. The molecular formula is C11H6Br2F3NS. The molecule has 0 saturated carbocycles. The van der Waals surface area contributed by atoms with Crippen molar-refractivity contribution in [3.05, 3.63) is 48.8 Å². The van der Waals surface area contributed by atoms with Crippen LogP contribution in [0.15, 0.2) is 26.5 Å². The monoisotopic (exact) mass is 399 g/mol. The van der Waals surface area contributed by atoms with Crippen molar-refractivity contribution in [3.8, 4) is 0 Å². The zero-order chi connectivity index (χ0) is 13.3. The maximum atomic E-state index is 13.3. The molecule has 18 heavy (non-hydrogen) atoms. The van der Waals surface area contributed by atoms with Crippen molar-refractivity contribution in [1.82, 2.24) is 0 Å². The molecule has 0 spiro atoms. The fourth-order valence-electron chi connectivity index (χ4n) is 1.32. The Hall–Kier alpha value is -0.530. The van der Waals surface area contributed by atoms with E-state index in [1.54, 1.807) is 0 Å². The number of thiophene rings is 1. The Balaban J connectivity index is 2.13. The molecule has 0 fully saturated rings. The average Bonchev–Trinajstić information content (AvgIpc) is 2.62. The van der Waals surface area contributed by atoms with Gasteiger partial charge < -0.3 is 5.32 Å². The second-order valence-corrected chi connectivity index (χ2v) is 6.74. The average molecular weight is 401 g/mol. The van der Waals surface area contributed by atoms with Gasteiger partial charge in [-0.05, 0) is 37.9 Å². The molecule has 1 aromatic carbocycles. The van der Waals surface area contributed by atoms with Crippen LogP contribution in [0.4, 0.5) is 18.9 Å². The smallest absolute Gasteiger partial charge is 0.161 e. The highest BCUT2D eigenvalue weighted by atomic mass is 79.9. The Morgan fingerprint density at radius 3 is 2.28 bits per heavy atom. The van der Waals surface area contributed by atoms with Crippen LogP contribution in [0.2, 0.25) is 0 Å². The predicted octanol–water partition coefficient (Wildman–Crippen LogP) is 5.30. The molecule has 1 N–H and O–H groups in total. The fourth-order valence-corrected chi connectivity index (χ4v) is 3.44. The maximum absolute atomic E-state index is 13.3. The first-order chi connectivity index (χ1) is 8.47. The van der Waals surface area contributed by atoms with Gasteiger partial charge in [0.1, 0.15) is 5.82 Å². The van der Waals surface area contributed by atoms with Gasteiger partial charge in [-0.1, -0.05) is 0 Å². The van der Waals surface area contributed by atoms with Crippen molar-refractivity contribution >= 4 is 48.9 Å². The molecule has 2 aromatic rings. The van der Waals surface area contributed by atoms with E-state index in [1.165, 1.54) is 11.3 Å². The topological polar surface area (TPSA) is 12.0 Å². The number of hydrogen-bond donors (Lipinski definition) is 1. The lowest BCUT2D eigenvalue weighted by atomic mass is 10.3. The van der Waals surface area contributed by atoms with Gasteiger partial charge >= 0.3 is 0 Å². The van der Waals surface area contributed by atoms with Gasteiger partial charge in [-0.15, -0.1) is 11.3 Å². The molecule has 0 amide bonds. The van der Waals surface area contributed by atoms with E-state index in [0.29, 0.717) is 12.6 Å². The van der Waals surface area contributed by atoms with Gasteiger partial charge in [0, 0.05) is 28.0 Å². The first kappa shape index (κ1) is 13.9. The Bertz CT molecular complexity index is 566. The third-order valence-corrected chi connectivity index (χ3v) is 5.42. The van der Waals surface area contributed by atoms with Crippen molar-refractivity contribution in [2.24, 2.45) is 0 Å². The van der Waals surface area contributed by atoms with E-state index in [9.17, 15) is 13.2 Å². The molecule has 1 aromatic heterocycles. The number of anilines is 1. The molecule has 2 rings (SSSR count). The van der Waals surface area contributed by atoms with Crippen LogP contribution in [-0.2, 0) is 6.54 Å². The van der Waals surface area contributed by atoms with E-state index in [0.717, 1.165) is 19.2 Å². The summed E-state index contributed by atoms with van der Waals surface area (Å²) in [6, 6.07) is 3.19. The second kappa shape index (κ2) is 5.63. The van der Waals surface area contributed by atoms with E-state index in [4.69, 9.17) is 0 Å². The van der Waals surface area contributed by atoms with Crippen molar-refractivity contribution in [3.63, 3.8) is 0 Å². The summed E-state index contributed by atoms with van der Waals surface area (Å²) in [6.07, 6.45) is 0.